The maximum atomic E-state index is 5.90. The first-order valence-electron chi connectivity index (χ1n) is 8.37. The first-order chi connectivity index (χ1) is 12.2. The summed E-state index contributed by atoms with van der Waals surface area (Å²) in [6.07, 6.45) is 4.58. The van der Waals surface area contributed by atoms with Gasteiger partial charge in [0, 0.05) is 31.0 Å². The third kappa shape index (κ3) is 3.18. The minimum absolute atomic E-state index is 0.234. The van der Waals surface area contributed by atoms with Crippen molar-refractivity contribution in [1.29, 1.82) is 0 Å². The molecule has 7 heteroatoms. The number of aromatic nitrogens is 4. The molecule has 1 saturated heterocycles. The van der Waals surface area contributed by atoms with E-state index in [4.69, 9.17) is 5.73 Å². The van der Waals surface area contributed by atoms with E-state index < -0.39 is 0 Å². The average Bonchev–Trinajstić information content (AvgIpc) is 3.26. The van der Waals surface area contributed by atoms with Crippen LogP contribution in [0, 0.1) is 0 Å². The number of nitrogen functional groups attached to an aromatic ring is 1. The number of nitrogens with zero attached hydrogens (tertiary/aromatic N) is 5. The van der Waals surface area contributed by atoms with Gasteiger partial charge in [0.25, 0.3) is 0 Å². The highest BCUT2D eigenvalue weighted by atomic mass is 15.3. The average molecular weight is 335 g/mol. The highest BCUT2D eigenvalue weighted by Gasteiger charge is 2.33. The first-order valence-corrected chi connectivity index (χ1v) is 8.37. The third-order valence-corrected chi connectivity index (χ3v) is 4.59. The number of nitrogens with one attached hydrogen (secondary N) is 1. The van der Waals surface area contributed by atoms with Gasteiger partial charge < -0.3 is 11.1 Å². The van der Waals surface area contributed by atoms with Crippen LogP contribution in [0.5, 0.6) is 0 Å². The van der Waals surface area contributed by atoms with E-state index >= 15 is 0 Å². The number of likely N-dealkylation sites (N-methyl/N-ethyl adjacent to an activating group) is 1. The van der Waals surface area contributed by atoms with Crippen LogP contribution in [0.3, 0.4) is 0 Å². The summed E-state index contributed by atoms with van der Waals surface area (Å²) in [4.78, 5) is 11.0. The van der Waals surface area contributed by atoms with Crippen molar-refractivity contribution < 1.29 is 0 Å². The Balaban J connectivity index is 1.61. The van der Waals surface area contributed by atoms with E-state index in [9.17, 15) is 0 Å². The van der Waals surface area contributed by atoms with Crippen LogP contribution < -0.4 is 11.1 Å². The first kappa shape index (κ1) is 15.6. The van der Waals surface area contributed by atoms with Crippen LogP contribution in [0.15, 0.2) is 54.9 Å². The van der Waals surface area contributed by atoms with Crippen molar-refractivity contribution in [2.75, 3.05) is 24.6 Å². The molecule has 3 heterocycles. The van der Waals surface area contributed by atoms with Crippen LogP contribution >= 0.6 is 0 Å². The standard InChI is InChI=1S/C18H21N7/c1-24-11-8-14(17(24)13-6-3-2-4-7-13)21-15-12-16(23-18(19)22-15)25-10-5-9-20-25/h2-7,9-10,12,14,17H,8,11H2,1H3,(H3,19,21,22,23)/t14-,17+/m1/s1. The van der Waals surface area contributed by atoms with Crippen LogP contribution in [0.1, 0.15) is 18.0 Å². The highest BCUT2D eigenvalue weighted by molar-refractivity contribution is 5.47. The van der Waals surface area contributed by atoms with E-state index in [-0.39, 0.29) is 12.0 Å². The third-order valence-electron chi connectivity index (χ3n) is 4.59. The molecule has 1 aliphatic rings. The van der Waals surface area contributed by atoms with Crippen molar-refractivity contribution in [3.63, 3.8) is 0 Å². The van der Waals surface area contributed by atoms with Gasteiger partial charge in [-0.25, -0.2) is 4.68 Å². The molecular formula is C18H21N7. The molecule has 0 spiro atoms. The Labute approximate surface area is 146 Å². The molecule has 3 aromatic rings. The fourth-order valence-electron chi connectivity index (χ4n) is 3.47. The van der Waals surface area contributed by atoms with Crippen LogP contribution in [0.4, 0.5) is 11.8 Å². The topological polar surface area (TPSA) is 84.9 Å². The van der Waals surface area contributed by atoms with Crippen molar-refractivity contribution in [1.82, 2.24) is 24.6 Å². The monoisotopic (exact) mass is 335 g/mol. The summed E-state index contributed by atoms with van der Waals surface area (Å²) < 4.78 is 1.68. The predicted octanol–water partition coefficient (Wildman–Crippen LogP) is 2.10. The summed E-state index contributed by atoms with van der Waals surface area (Å²) in [6, 6.07) is 14.8. The van der Waals surface area contributed by atoms with E-state index in [0.29, 0.717) is 11.9 Å². The summed E-state index contributed by atoms with van der Waals surface area (Å²) in [5, 5.41) is 7.76. The predicted molar refractivity (Wildman–Crippen MR) is 97.4 cm³/mol. The van der Waals surface area contributed by atoms with Crippen molar-refractivity contribution in [3.8, 4) is 5.82 Å². The number of rotatable bonds is 4. The molecule has 1 aromatic carbocycles. The van der Waals surface area contributed by atoms with E-state index in [1.807, 2.05) is 24.4 Å². The lowest BCUT2D eigenvalue weighted by molar-refractivity contribution is 0.309. The van der Waals surface area contributed by atoms with Gasteiger partial charge in [-0.3, -0.25) is 4.90 Å². The second kappa shape index (κ2) is 6.52. The fourth-order valence-corrected chi connectivity index (χ4v) is 3.47. The van der Waals surface area contributed by atoms with Crippen molar-refractivity contribution >= 4 is 11.8 Å². The molecule has 0 saturated carbocycles. The minimum Gasteiger partial charge on any atom is -0.368 e. The highest BCUT2D eigenvalue weighted by Crippen LogP contribution is 2.32. The maximum Gasteiger partial charge on any atom is 0.224 e. The molecule has 0 bridgehead atoms. The molecule has 0 radical (unpaired) electrons. The lowest BCUT2D eigenvalue weighted by atomic mass is 10.0. The Morgan fingerprint density at radius 3 is 2.76 bits per heavy atom. The van der Waals surface area contributed by atoms with E-state index in [1.54, 1.807) is 10.9 Å². The van der Waals surface area contributed by atoms with Gasteiger partial charge in [-0.1, -0.05) is 30.3 Å². The van der Waals surface area contributed by atoms with Crippen molar-refractivity contribution in [3.05, 3.63) is 60.4 Å². The van der Waals surface area contributed by atoms with Gasteiger partial charge >= 0.3 is 0 Å². The smallest absolute Gasteiger partial charge is 0.224 e. The number of likely N-dealkylation sites (tertiary alicyclic amines) is 1. The van der Waals surface area contributed by atoms with E-state index in [2.05, 4.69) is 56.6 Å². The number of hydrogen-bond donors (Lipinski definition) is 2. The molecule has 2 atom stereocenters. The normalized spacial score (nSPS) is 20.7. The van der Waals surface area contributed by atoms with Crippen molar-refractivity contribution in [2.24, 2.45) is 0 Å². The van der Waals surface area contributed by atoms with Gasteiger partial charge in [0.1, 0.15) is 5.82 Å². The summed E-state index contributed by atoms with van der Waals surface area (Å²) in [6.45, 7) is 1.03. The number of hydrogen-bond acceptors (Lipinski definition) is 6. The summed E-state index contributed by atoms with van der Waals surface area (Å²) in [5.74, 6) is 1.61. The molecule has 2 aromatic heterocycles. The molecule has 3 N–H and O–H groups in total. The Kier molecular flexibility index (Phi) is 4.07. The Hall–Kier alpha value is -2.93. The molecule has 25 heavy (non-hydrogen) atoms. The quantitative estimate of drug-likeness (QED) is 0.759. The summed E-state index contributed by atoms with van der Waals surface area (Å²) in [7, 11) is 2.16. The lowest BCUT2D eigenvalue weighted by Gasteiger charge is -2.26. The SMILES string of the molecule is CN1CC[C@@H](Nc2cc(-n3cccn3)nc(N)n2)[C@@H]1c1ccccc1. The Morgan fingerprint density at radius 1 is 1.16 bits per heavy atom. The number of nitrogens with two attached hydrogens (primary N) is 1. The van der Waals surface area contributed by atoms with Crippen LogP contribution in [0.2, 0.25) is 0 Å². The van der Waals surface area contributed by atoms with Gasteiger partial charge in [0.2, 0.25) is 5.95 Å². The Morgan fingerprint density at radius 2 is 2.00 bits per heavy atom. The molecular weight excluding hydrogens is 314 g/mol. The molecule has 7 nitrogen and oxygen atoms in total. The molecule has 128 valence electrons. The van der Waals surface area contributed by atoms with E-state index in [0.717, 1.165) is 18.8 Å². The molecule has 0 amide bonds. The zero-order valence-corrected chi connectivity index (χ0v) is 14.1. The van der Waals surface area contributed by atoms with Crippen molar-refractivity contribution in [2.45, 2.75) is 18.5 Å². The molecule has 0 unspecified atom stereocenters. The molecule has 0 aliphatic carbocycles. The lowest BCUT2D eigenvalue weighted by Crippen LogP contribution is -2.29. The number of anilines is 2. The zero-order valence-electron chi connectivity index (χ0n) is 14.1. The van der Waals surface area contributed by atoms with Gasteiger partial charge in [0.05, 0.1) is 6.04 Å². The largest absolute Gasteiger partial charge is 0.368 e. The number of benzene rings is 1. The van der Waals surface area contributed by atoms with Gasteiger partial charge in [-0.2, -0.15) is 15.1 Å². The van der Waals surface area contributed by atoms with Gasteiger partial charge in [-0.05, 0) is 25.1 Å². The van der Waals surface area contributed by atoms with E-state index in [1.165, 1.54) is 5.56 Å². The maximum absolute atomic E-state index is 5.90. The zero-order chi connectivity index (χ0) is 17.2. The summed E-state index contributed by atoms with van der Waals surface area (Å²) in [5.41, 5.74) is 7.20. The minimum atomic E-state index is 0.234. The van der Waals surface area contributed by atoms with Gasteiger partial charge in [-0.15, -0.1) is 0 Å². The summed E-state index contributed by atoms with van der Waals surface area (Å²) >= 11 is 0. The van der Waals surface area contributed by atoms with Crippen LogP contribution in [-0.4, -0.2) is 44.3 Å². The Bertz CT molecular complexity index is 832. The van der Waals surface area contributed by atoms with Gasteiger partial charge in [0.15, 0.2) is 5.82 Å². The fraction of sp³-hybridized carbons (Fsp3) is 0.278. The van der Waals surface area contributed by atoms with Crippen LogP contribution in [0.25, 0.3) is 5.82 Å². The second-order valence-corrected chi connectivity index (χ2v) is 6.30. The second-order valence-electron chi connectivity index (χ2n) is 6.30. The molecule has 1 aliphatic heterocycles. The molecule has 4 rings (SSSR count). The van der Waals surface area contributed by atoms with Crippen LogP contribution in [-0.2, 0) is 0 Å². The molecule has 1 fully saturated rings.